The SMILES string of the molecule is CCCNCc1cnc(CSCC)nc1C(C)C. The molecular weight excluding hydrogens is 242 g/mol. The number of hydrogen-bond acceptors (Lipinski definition) is 4. The largest absolute Gasteiger partial charge is 0.313 e. The fourth-order valence-electron chi connectivity index (χ4n) is 1.76. The van der Waals surface area contributed by atoms with Crippen LogP contribution in [0.4, 0.5) is 0 Å². The first-order chi connectivity index (χ1) is 8.69. The molecule has 4 heteroatoms. The van der Waals surface area contributed by atoms with Crippen LogP contribution in [0, 0.1) is 0 Å². The van der Waals surface area contributed by atoms with E-state index in [1.165, 1.54) is 11.3 Å². The summed E-state index contributed by atoms with van der Waals surface area (Å²) in [5, 5.41) is 3.42. The van der Waals surface area contributed by atoms with E-state index in [2.05, 4.69) is 38.0 Å². The molecule has 1 rings (SSSR count). The number of nitrogens with zero attached hydrogens (tertiary/aromatic N) is 2. The van der Waals surface area contributed by atoms with Crippen molar-refractivity contribution < 1.29 is 0 Å². The second-order valence-electron chi connectivity index (χ2n) is 4.67. The molecule has 0 aromatic carbocycles. The van der Waals surface area contributed by atoms with Crippen LogP contribution in [-0.4, -0.2) is 22.3 Å². The Labute approximate surface area is 115 Å². The van der Waals surface area contributed by atoms with Crippen molar-refractivity contribution in [2.45, 2.75) is 52.3 Å². The first-order valence-electron chi connectivity index (χ1n) is 6.82. The molecule has 0 aliphatic carbocycles. The Kier molecular flexibility index (Phi) is 7.28. The third-order valence-corrected chi connectivity index (χ3v) is 3.54. The summed E-state index contributed by atoms with van der Waals surface area (Å²) in [5.74, 6) is 3.44. The van der Waals surface area contributed by atoms with Gasteiger partial charge in [0.05, 0.1) is 11.4 Å². The van der Waals surface area contributed by atoms with Crippen LogP contribution >= 0.6 is 11.8 Å². The van der Waals surface area contributed by atoms with Gasteiger partial charge >= 0.3 is 0 Å². The lowest BCUT2D eigenvalue weighted by molar-refractivity contribution is 0.654. The van der Waals surface area contributed by atoms with Crippen LogP contribution < -0.4 is 5.32 Å². The maximum atomic E-state index is 4.72. The summed E-state index contributed by atoms with van der Waals surface area (Å²) in [6, 6.07) is 0. The summed E-state index contributed by atoms with van der Waals surface area (Å²) in [4.78, 5) is 9.18. The predicted molar refractivity (Wildman–Crippen MR) is 80.0 cm³/mol. The zero-order chi connectivity index (χ0) is 13.4. The lowest BCUT2D eigenvalue weighted by Crippen LogP contribution is -2.17. The monoisotopic (exact) mass is 267 g/mol. The summed E-state index contributed by atoms with van der Waals surface area (Å²) in [5.41, 5.74) is 2.43. The van der Waals surface area contributed by atoms with Crippen LogP contribution in [0.5, 0.6) is 0 Å². The lowest BCUT2D eigenvalue weighted by atomic mass is 10.1. The number of thioether (sulfide) groups is 1. The minimum atomic E-state index is 0.455. The molecule has 1 heterocycles. The van der Waals surface area contributed by atoms with Gasteiger partial charge in [-0.25, -0.2) is 9.97 Å². The van der Waals surface area contributed by atoms with Crippen molar-refractivity contribution in [1.29, 1.82) is 0 Å². The van der Waals surface area contributed by atoms with Crippen molar-refractivity contribution >= 4 is 11.8 Å². The molecule has 0 fully saturated rings. The molecule has 0 saturated carbocycles. The zero-order valence-electron chi connectivity index (χ0n) is 12.0. The zero-order valence-corrected chi connectivity index (χ0v) is 12.8. The highest BCUT2D eigenvalue weighted by molar-refractivity contribution is 7.98. The van der Waals surface area contributed by atoms with E-state index in [0.29, 0.717) is 5.92 Å². The van der Waals surface area contributed by atoms with Crippen molar-refractivity contribution in [2.75, 3.05) is 12.3 Å². The Hall–Kier alpha value is -0.610. The number of nitrogens with one attached hydrogen (secondary N) is 1. The molecule has 0 saturated heterocycles. The van der Waals surface area contributed by atoms with E-state index < -0.39 is 0 Å². The van der Waals surface area contributed by atoms with Crippen LogP contribution in [0.3, 0.4) is 0 Å². The quantitative estimate of drug-likeness (QED) is 0.733. The topological polar surface area (TPSA) is 37.8 Å². The third-order valence-electron chi connectivity index (χ3n) is 2.67. The molecule has 1 aromatic rings. The minimum Gasteiger partial charge on any atom is -0.313 e. The van der Waals surface area contributed by atoms with E-state index in [4.69, 9.17) is 4.98 Å². The van der Waals surface area contributed by atoms with Crippen LogP contribution in [-0.2, 0) is 12.3 Å². The first kappa shape index (κ1) is 15.4. The summed E-state index contributed by atoms with van der Waals surface area (Å²) in [7, 11) is 0. The van der Waals surface area contributed by atoms with Gasteiger partial charge in [0.2, 0.25) is 0 Å². The van der Waals surface area contributed by atoms with E-state index in [1.807, 2.05) is 18.0 Å². The maximum absolute atomic E-state index is 4.72. The normalized spacial score (nSPS) is 11.2. The van der Waals surface area contributed by atoms with Gasteiger partial charge in [0.25, 0.3) is 0 Å². The number of hydrogen-bond donors (Lipinski definition) is 1. The van der Waals surface area contributed by atoms with Gasteiger partial charge in [-0.1, -0.05) is 27.7 Å². The fraction of sp³-hybridized carbons (Fsp3) is 0.714. The molecular formula is C14H25N3S. The molecule has 0 bridgehead atoms. The van der Waals surface area contributed by atoms with Crippen LogP contribution in [0.1, 0.15) is 57.1 Å². The Morgan fingerprint density at radius 1 is 1.33 bits per heavy atom. The van der Waals surface area contributed by atoms with Crippen LogP contribution in [0.15, 0.2) is 6.20 Å². The van der Waals surface area contributed by atoms with E-state index >= 15 is 0 Å². The van der Waals surface area contributed by atoms with Gasteiger partial charge in [-0.2, -0.15) is 11.8 Å². The average molecular weight is 267 g/mol. The second kappa shape index (κ2) is 8.48. The van der Waals surface area contributed by atoms with Crippen LogP contribution in [0.25, 0.3) is 0 Å². The smallest absolute Gasteiger partial charge is 0.138 e. The predicted octanol–water partition coefficient (Wildman–Crippen LogP) is 3.35. The number of rotatable bonds is 8. The van der Waals surface area contributed by atoms with Crippen molar-refractivity contribution in [1.82, 2.24) is 15.3 Å². The van der Waals surface area contributed by atoms with Gasteiger partial charge in [-0.15, -0.1) is 0 Å². The van der Waals surface area contributed by atoms with E-state index in [9.17, 15) is 0 Å². The van der Waals surface area contributed by atoms with E-state index in [0.717, 1.165) is 36.8 Å². The van der Waals surface area contributed by atoms with Gasteiger partial charge < -0.3 is 5.32 Å². The van der Waals surface area contributed by atoms with Gasteiger partial charge in [-0.05, 0) is 24.6 Å². The highest BCUT2D eigenvalue weighted by atomic mass is 32.2. The molecule has 0 unspecified atom stereocenters. The van der Waals surface area contributed by atoms with Crippen LogP contribution in [0.2, 0.25) is 0 Å². The van der Waals surface area contributed by atoms with Crippen molar-refractivity contribution in [3.05, 3.63) is 23.3 Å². The summed E-state index contributed by atoms with van der Waals surface area (Å²) in [6.07, 6.45) is 3.15. The molecule has 1 N–H and O–H groups in total. The van der Waals surface area contributed by atoms with Gasteiger partial charge in [-0.3, -0.25) is 0 Å². The summed E-state index contributed by atoms with van der Waals surface area (Å²) >= 11 is 1.87. The van der Waals surface area contributed by atoms with Gasteiger partial charge in [0, 0.05) is 18.3 Å². The number of aromatic nitrogens is 2. The third kappa shape index (κ3) is 4.94. The fourth-order valence-corrected chi connectivity index (χ4v) is 2.28. The summed E-state index contributed by atoms with van der Waals surface area (Å²) in [6.45, 7) is 10.7. The van der Waals surface area contributed by atoms with Gasteiger partial charge in [0.15, 0.2) is 0 Å². The second-order valence-corrected chi connectivity index (χ2v) is 5.94. The Morgan fingerprint density at radius 3 is 2.72 bits per heavy atom. The van der Waals surface area contributed by atoms with Crippen molar-refractivity contribution in [3.8, 4) is 0 Å². The van der Waals surface area contributed by atoms with E-state index in [-0.39, 0.29) is 0 Å². The molecule has 0 radical (unpaired) electrons. The van der Waals surface area contributed by atoms with E-state index in [1.54, 1.807) is 0 Å². The molecule has 1 aromatic heterocycles. The minimum absolute atomic E-state index is 0.455. The highest BCUT2D eigenvalue weighted by Crippen LogP contribution is 2.18. The average Bonchev–Trinajstić information content (AvgIpc) is 2.37. The molecule has 18 heavy (non-hydrogen) atoms. The molecule has 102 valence electrons. The molecule has 0 aliphatic heterocycles. The maximum Gasteiger partial charge on any atom is 0.138 e. The van der Waals surface area contributed by atoms with Crippen molar-refractivity contribution in [2.24, 2.45) is 0 Å². The van der Waals surface area contributed by atoms with Gasteiger partial charge in [0.1, 0.15) is 5.82 Å². The summed E-state index contributed by atoms with van der Waals surface area (Å²) < 4.78 is 0. The molecule has 0 atom stereocenters. The molecule has 3 nitrogen and oxygen atoms in total. The first-order valence-corrected chi connectivity index (χ1v) is 7.97. The van der Waals surface area contributed by atoms with Crippen molar-refractivity contribution in [3.63, 3.8) is 0 Å². The Bertz CT molecular complexity index is 353. The molecule has 0 spiro atoms. The standard InChI is InChI=1S/C14H25N3S/c1-5-7-15-8-12-9-16-13(10-18-6-2)17-14(12)11(3)4/h9,11,15H,5-8,10H2,1-4H3. The Balaban J connectivity index is 2.76. The highest BCUT2D eigenvalue weighted by Gasteiger charge is 2.10. The lowest BCUT2D eigenvalue weighted by Gasteiger charge is -2.13. The molecule has 0 amide bonds. The Morgan fingerprint density at radius 2 is 2.11 bits per heavy atom. The molecule has 0 aliphatic rings.